The zero-order valence-electron chi connectivity index (χ0n) is 22.2. The number of allylic oxidation sites excluding steroid dienone is 1. The van der Waals surface area contributed by atoms with Crippen molar-refractivity contribution in [3.63, 3.8) is 0 Å². The monoisotopic (exact) mass is 503 g/mol. The normalized spacial score (nSPS) is 45.6. The van der Waals surface area contributed by atoms with Crippen molar-refractivity contribution in [2.24, 2.45) is 45.8 Å². The Kier molecular flexibility index (Phi) is 6.53. The number of nitrogens with zero attached hydrogens (tertiary/aromatic N) is 1. The minimum atomic E-state index is -1.24. The summed E-state index contributed by atoms with van der Waals surface area (Å²) in [5.41, 5.74) is -1.36. The van der Waals surface area contributed by atoms with Gasteiger partial charge in [0.25, 0.3) is 0 Å². The molecule has 3 saturated carbocycles. The first-order chi connectivity index (χ1) is 17.1. The zero-order chi connectivity index (χ0) is 26.0. The molecule has 36 heavy (non-hydrogen) atoms. The van der Waals surface area contributed by atoms with Gasteiger partial charge in [0, 0.05) is 25.0 Å². The number of carboxylic acids is 1. The molecule has 1 heterocycles. The van der Waals surface area contributed by atoms with Gasteiger partial charge in [-0.2, -0.15) is 0 Å². The number of fused-ring (bicyclic) bond motifs is 2. The van der Waals surface area contributed by atoms with Crippen LogP contribution in [0.15, 0.2) is 23.8 Å². The summed E-state index contributed by atoms with van der Waals surface area (Å²) < 4.78 is 25.7. The van der Waals surface area contributed by atoms with Crippen LogP contribution < -0.4 is 0 Å². The van der Waals surface area contributed by atoms with Gasteiger partial charge in [0.15, 0.2) is 6.29 Å². The molecule has 4 fully saturated rings. The van der Waals surface area contributed by atoms with Gasteiger partial charge in [0.1, 0.15) is 18.4 Å². The Hall–Kier alpha value is -1.57. The molecule has 0 aromatic rings. The van der Waals surface area contributed by atoms with Crippen LogP contribution in [-0.2, 0) is 19.1 Å². The molecule has 5 rings (SSSR count). The molecule has 200 valence electrons. The van der Waals surface area contributed by atoms with Crippen molar-refractivity contribution in [2.75, 3.05) is 32.9 Å². The Morgan fingerprint density at radius 3 is 2.72 bits per heavy atom. The lowest BCUT2D eigenvalue weighted by Crippen LogP contribution is -2.64. The van der Waals surface area contributed by atoms with Crippen molar-refractivity contribution in [1.29, 1.82) is 0 Å². The highest BCUT2D eigenvalue weighted by atomic mass is 19.1. The van der Waals surface area contributed by atoms with Crippen LogP contribution in [0.25, 0.3) is 0 Å². The topological polar surface area (TPSA) is 76.1 Å². The van der Waals surface area contributed by atoms with Crippen molar-refractivity contribution in [1.82, 2.24) is 4.90 Å². The van der Waals surface area contributed by atoms with E-state index < -0.39 is 35.2 Å². The summed E-state index contributed by atoms with van der Waals surface area (Å²) in [6.45, 7) is 13.4. The molecule has 9 atom stereocenters. The number of carboxylic acid groups (broad SMARTS) is 1. The van der Waals surface area contributed by atoms with Gasteiger partial charge in [-0.1, -0.05) is 45.4 Å². The zero-order valence-corrected chi connectivity index (χ0v) is 22.2. The Labute approximate surface area is 214 Å². The average molecular weight is 504 g/mol. The number of hydrogen-bond donors (Lipinski definition) is 1. The molecule has 0 aromatic carbocycles. The van der Waals surface area contributed by atoms with Crippen LogP contribution in [0.2, 0.25) is 0 Å². The molecule has 0 aromatic heterocycles. The van der Waals surface area contributed by atoms with E-state index in [4.69, 9.17) is 9.47 Å². The van der Waals surface area contributed by atoms with Crippen LogP contribution in [0.3, 0.4) is 0 Å². The second kappa shape index (κ2) is 9.02. The van der Waals surface area contributed by atoms with Gasteiger partial charge in [0.05, 0.1) is 18.1 Å². The van der Waals surface area contributed by atoms with E-state index in [0.29, 0.717) is 43.5 Å². The Balaban J connectivity index is 1.51. The van der Waals surface area contributed by atoms with E-state index in [-0.39, 0.29) is 30.5 Å². The Morgan fingerprint density at radius 2 is 2.08 bits per heavy atom. The third kappa shape index (κ3) is 3.31. The number of carbonyl (C=O) groups is 2. The van der Waals surface area contributed by atoms with Crippen LogP contribution >= 0.6 is 0 Å². The quantitative estimate of drug-likeness (QED) is 0.369. The summed E-state index contributed by atoms with van der Waals surface area (Å²) in [5, 5.41) is 11.1. The van der Waals surface area contributed by atoms with Gasteiger partial charge in [-0.05, 0) is 61.3 Å². The number of carbonyl (C=O) groups excluding carboxylic acids is 1. The van der Waals surface area contributed by atoms with Crippen LogP contribution in [0.1, 0.15) is 53.4 Å². The fourth-order valence-corrected chi connectivity index (χ4v) is 9.45. The Bertz CT molecular complexity index is 965. The summed E-state index contributed by atoms with van der Waals surface area (Å²) in [6.07, 6.45) is 5.94. The first kappa shape index (κ1) is 26.1. The van der Waals surface area contributed by atoms with Gasteiger partial charge in [-0.15, -0.1) is 0 Å². The van der Waals surface area contributed by atoms with E-state index in [1.807, 2.05) is 6.92 Å². The molecule has 1 N–H and O–H groups in total. The summed E-state index contributed by atoms with van der Waals surface area (Å²) in [6, 6.07) is 0. The standard InChI is InChI=1S/C29H42FNO5/c1-17(2)24-8-21-9-27(15-32)23-7-6-19(4)22(23)10-28(21,29(24,27)26(33)34)16-35-25-14-31(12-18(3)11-30)13-20(5)36-25/h8,15,17,19-23,25H,3,6-7,9-14,16H2,1-2,4-5H3,(H,33,34)/t19-,20?,21+,22-,23-,25-,27+,28+,29+/m1/s1. The van der Waals surface area contributed by atoms with Gasteiger partial charge >= 0.3 is 5.97 Å². The molecular weight excluding hydrogens is 461 g/mol. The predicted molar refractivity (Wildman–Crippen MR) is 134 cm³/mol. The van der Waals surface area contributed by atoms with E-state index >= 15 is 0 Å². The number of halogens is 1. The molecule has 1 aliphatic heterocycles. The lowest BCUT2D eigenvalue weighted by atomic mass is 9.43. The maximum absolute atomic E-state index is 13.5. The fraction of sp³-hybridized carbons (Fsp3) is 0.793. The largest absolute Gasteiger partial charge is 0.481 e. The van der Waals surface area contributed by atoms with E-state index in [9.17, 15) is 19.1 Å². The molecule has 1 unspecified atom stereocenters. The minimum Gasteiger partial charge on any atom is -0.481 e. The summed E-state index contributed by atoms with van der Waals surface area (Å²) >= 11 is 0. The highest BCUT2D eigenvalue weighted by molar-refractivity contribution is 5.90. The molecule has 7 heteroatoms. The SMILES string of the molecule is C=C(CF)CN1CC(C)O[C@@H](OC[C@@]23C[C@@H]4[C@H](C)CC[C@H]4[C@@]4(C=O)C[C@@H]2C=C(C(C)C)[C@@]34C(=O)O)C1. The van der Waals surface area contributed by atoms with Crippen molar-refractivity contribution in [3.05, 3.63) is 23.8 Å². The maximum Gasteiger partial charge on any atom is 0.315 e. The lowest BCUT2D eigenvalue weighted by Gasteiger charge is -2.58. The predicted octanol–water partition coefficient (Wildman–Crippen LogP) is 4.50. The van der Waals surface area contributed by atoms with E-state index in [1.54, 1.807) is 0 Å². The number of morpholine rings is 1. The smallest absolute Gasteiger partial charge is 0.315 e. The molecular formula is C29H42FNO5. The van der Waals surface area contributed by atoms with Crippen molar-refractivity contribution >= 4 is 12.3 Å². The fourth-order valence-electron chi connectivity index (χ4n) is 9.45. The second-order valence-electron chi connectivity index (χ2n) is 12.8. The lowest BCUT2D eigenvalue weighted by molar-refractivity contribution is -0.235. The first-order valence-electron chi connectivity index (χ1n) is 13.7. The van der Waals surface area contributed by atoms with Gasteiger partial charge in [0.2, 0.25) is 0 Å². The molecule has 5 aliphatic rings. The highest BCUT2D eigenvalue weighted by Gasteiger charge is 2.84. The van der Waals surface area contributed by atoms with Crippen molar-refractivity contribution < 1.29 is 28.6 Å². The summed E-state index contributed by atoms with van der Waals surface area (Å²) in [7, 11) is 0. The minimum absolute atomic E-state index is 0.00238. The first-order valence-corrected chi connectivity index (χ1v) is 13.7. The molecule has 0 amide bonds. The number of aldehydes is 1. The number of ether oxygens (including phenoxy) is 2. The molecule has 1 saturated heterocycles. The molecule has 0 radical (unpaired) electrons. The van der Waals surface area contributed by atoms with E-state index in [2.05, 4.69) is 38.3 Å². The second-order valence-corrected chi connectivity index (χ2v) is 12.8. The van der Waals surface area contributed by atoms with Crippen LogP contribution in [0.5, 0.6) is 0 Å². The molecule has 6 nitrogen and oxygen atoms in total. The third-order valence-corrected chi connectivity index (χ3v) is 10.6. The summed E-state index contributed by atoms with van der Waals surface area (Å²) in [5.74, 6) is 0.0654. The molecule has 4 bridgehead atoms. The van der Waals surface area contributed by atoms with Crippen LogP contribution in [0, 0.1) is 45.8 Å². The molecule has 0 spiro atoms. The van der Waals surface area contributed by atoms with Crippen molar-refractivity contribution in [2.45, 2.75) is 65.8 Å². The summed E-state index contributed by atoms with van der Waals surface area (Å²) in [4.78, 5) is 28.7. The van der Waals surface area contributed by atoms with Crippen molar-refractivity contribution in [3.8, 4) is 0 Å². The van der Waals surface area contributed by atoms with Gasteiger partial charge in [-0.3, -0.25) is 9.69 Å². The number of alkyl halides is 1. The third-order valence-electron chi connectivity index (χ3n) is 10.6. The van der Waals surface area contributed by atoms with E-state index in [0.717, 1.165) is 31.1 Å². The number of rotatable bonds is 9. The highest BCUT2D eigenvalue weighted by Crippen LogP contribution is 2.82. The average Bonchev–Trinajstić information content (AvgIpc) is 3.39. The van der Waals surface area contributed by atoms with Gasteiger partial charge < -0.3 is 19.4 Å². The number of aliphatic carboxylic acids is 1. The molecule has 4 aliphatic carbocycles. The van der Waals surface area contributed by atoms with Gasteiger partial charge in [-0.25, -0.2) is 4.39 Å². The van der Waals surface area contributed by atoms with Crippen LogP contribution in [-0.4, -0.2) is 67.6 Å². The number of hydrogen-bond acceptors (Lipinski definition) is 5. The van der Waals surface area contributed by atoms with E-state index in [1.165, 1.54) is 0 Å². The van der Waals surface area contributed by atoms with Crippen LogP contribution in [0.4, 0.5) is 4.39 Å². The Morgan fingerprint density at radius 1 is 1.33 bits per heavy atom. The maximum atomic E-state index is 13.5.